The highest BCUT2D eigenvalue weighted by Gasteiger charge is 2.51. The maximum Gasteiger partial charge on any atom is 0.494 e. The fourth-order valence-electron chi connectivity index (χ4n) is 2.43. The van der Waals surface area contributed by atoms with Crippen molar-refractivity contribution in [2.24, 2.45) is 0 Å². The van der Waals surface area contributed by atoms with Gasteiger partial charge in [-0.2, -0.15) is 0 Å². The first-order valence-electron chi connectivity index (χ1n) is 7.01. The Morgan fingerprint density at radius 1 is 1.00 bits per heavy atom. The number of fused-ring (bicyclic) bond motifs is 1. The highest BCUT2D eigenvalue weighted by molar-refractivity contribution is 6.62. The third-order valence-electron chi connectivity index (χ3n) is 4.51. The predicted octanol–water partition coefficient (Wildman–Crippen LogP) is 2.84. The van der Waals surface area contributed by atoms with Crippen molar-refractivity contribution in [2.75, 3.05) is 0 Å². The van der Waals surface area contributed by atoms with E-state index in [4.69, 9.17) is 9.31 Å². The van der Waals surface area contributed by atoms with Crippen molar-refractivity contribution in [1.82, 2.24) is 4.98 Å². The summed E-state index contributed by atoms with van der Waals surface area (Å²) in [4.78, 5) is 4.39. The summed E-state index contributed by atoms with van der Waals surface area (Å²) in [5.41, 5.74) is 2.65. The van der Waals surface area contributed by atoms with Crippen molar-refractivity contribution in [3.8, 4) is 0 Å². The topological polar surface area (TPSA) is 31.4 Å². The van der Waals surface area contributed by atoms with E-state index in [1.54, 1.807) is 0 Å². The molecule has 3 nitrogen and oxygen atoms in total. The Kier molecular flexibility index (Phi) is 2.92. The maximum absolute atomic E-state index is 6.10. The van der Waals surface area contributed by atoms with Crippen molar-refractivity contribution < 1.29 is 9.31 Å². The van der Waals surface area contributed by atoms with Gasteiger partial charge in [-0.05, 0) is 57.8 Å². The molecule has 0 N–H and O–H groups in total. The second kappa shape index (κ2) is 4.30. The van der Waals surface area contributed by atoms with Gasteiger partial charge in [-0.25, -0.2) is 0 Å². The van der Waals surface area contributed by atoms with Gasteiger partial charge in [0.15, 0.2) is 0 Å². The molecule has 2 aromatic rings. The molecule has 0 radical (unpaired) electrons. The van der Waals surface area contributed by atoms with E-state index in [9.17, 15) is 0 Å². The second-order valence-corrected chi connectivity index (χ2v) is 6.49. The number of hydrogen-bond acceptors (Lipinski definition) is 3. The lowest BCUT2D eigenvalue weighted by molar-refractivity contribution is 0.00578. The summed E-state index contributed by atoms with van der Waals surface area (Å²) in [6.45, 7) is 10.4. The summed E-state index contributed by atoms with van der Waals surface area (Å²) in [6, 6.07) is 8.22. The van der Waals surface area contributed by atoms with Crippen LogP contribution in [0.3, 0.4) is 0 Å². The van der Waals surface area contributed by atoms with Crippen molar-refractivity contribution >= 4 is 23.5 Å². The molecule has 3 rings (SSSR count). The van der Waals surface area contributed by atoms with Gasteiger partial charge in [-0.1, -0.05) is 12.1 Å². The van der Waals surface area contributed by atoms with E-state index in [1.807, 2.05) is 24.4 Å². The molecule has 0 atom stereocenters. The highest BCUT2D eigenvalue weighted by Crippen LogP contribution is 2.36. The van der Waals surface area contributed by atoms with Gasteiger partial charge in [0.1, 0.15) is 0 Å². The average Bonchev–Trinajstić information content (AvgIpc) is 2.59. The Morgan fingerprint density at radius 3 is 2.30 bits per heavy atom. The Morgan fingerprint density at radius 2 is 1.65 bits per heavy atom. The van der Waals surface area contributed by atoms with Crippen LogP contribution >= 0.6 is 0 Å². The van der Waals surface area contributed by atoms with E-state index in [0.29, 0.717) is 0 Å². The zero-order chi connectivity index (χ0) is 14.5. The molecule has 1 aromatic carbocycles. The van der Waals surface area contributed by atoms with Crippen LogP contribution in [0, 0.1) is 6.92 Å². The highest BCUT2D eigenvalue weighted by atomic mass is 16.7. The second-order valence-electron chi connectivity index (χ2n) is 6.49. The largest absolute Gasteiger partial charge is 0.494 e. The number of aryl methyl sites for hydroxylation is 1. The van der Waals surface area contributed by atoms with E-state index in [0.717, 1.165) is 16.4 Å². The van der Waals surface area contributed by atoms with Crippen LogP contribution in [0.4, 0.5) is 0 Å². The first-order valence-corrected chi connectivity index (χ1v) is 7.01. The van der Waals surface area contributed by atoms with Crippen LogP contribution in [0.2, 0.25) is 0 Å². The Labute approximate surface area is 120 Å². The third kappa shape index (κ3) is 2.04. The minimum absolute atomic E-state index is 0.309. The lowest BCUT2D eigenvalue weighted by Gasteiger charge is -2.32. The molecule has 0 saturated carbocycles. The molecule has 1 fully saturated rings. The maximum atomic E-state index is 6.10. The zero-order valence-corrected chi connectivity index (χ0v) is 12.7. The van der Waals surface area contributed by atoms with Gasteiger partial charge in [0, 0.05) is 11.6 Å². The van der Waals surface area contributed by atoms with Crippen LogP contribution in [-0.2, 0) is 9.31 Å². The SMILES string of the molecule is Cc1ccnc2ccc(B3OC(C)(C)C(C)(C)O3)cc12. The average molecular weight is 269 g/mol. The molecule has 1 aromatic heterocycles. The monoisotopic (exact) mass is 269 g/mol. The van der Waals surface area contributed by atoms with Crippen LogP contribution < -0.4 is 5.46 Å². The van der Waals surface area contributed by atoms with Gasteiger partial charge in [-0.3, -0.25) is 4.98 Å². The predicted molar refractivity (Wildman–Crippen MR) is 82.2 cm³/mol. The Bertz CT molecular complexity index is 651. The van der Waals surface area contributed by atoms with Crippen LogP contribution in [0.5, 0.6) is 0 Å². The molecular weight excluding hydrogens is 249 g/mol. The van der Waals surface area contributed by atoms with Gasteiger partial charge < -0.3 is 9.31 Å². The Balaban J connectivity index is 2.02. The normalized spacial score (nSPS) is 20.6. The summed E-state index contributed by atoms with van der Waals surface area (Å²) in [7, 11) is -0.316. The van der Waals surface area contributed by atoms with Crippen LogP contribution in [0.15, 0.2) is 30.5 Å². The summed E-state index contributed by atoms with van der Waals surface area (Å²) in [6.07, 6.45) is 1.84. The first-order chi connectivity index (χ1) is 9.30. The van der Waals surface area contributed by atoms with Gasteiger partial charge >= 0.3 is 7.12 Å². The fourth-order valence-corrected chi connectivity index (χ4v) is 2.43. The van der Waals surface area contributed by atoms with Gasteiger partial charge in [0.05, 0.1) is 16.7 Å². The van der Waals surface area contributed by atoms with Crippen LogP contribution in [0.25, 0.3) is 10.9 Å². The quantitative estimate of drug-likeness (QED) is 0.746. The number of nitrogens with zero attached hydrogens (tertiary/aromatic N) is 1. The van der Waals surface area contributed by atoms with E-state index >= 15 is 0 Å². The number of pyridine rings is 1. The summed E-state index contributed by atoms with van der Waals surface area (Å²) in [5.74, 6) is 0. The summed E-state index contributed by atoms with van der Waals surface area (Å²) < 4.78 is 12.2. The molecular formula is C16H20BNO2. The molecule has 0 unspecified atom stereocenters. The van der Waals surface area contributed by atoms with Gasteiger partial charge in [-0.15, -0.1) is 0 Å². The molecule has 4 heteroatoms. The van der Waals surface area contributed by atoms with Crippen molar-refractivity contribution in [3.05, 3.63) is 36.0 Å². The minimum atomic E-state index is -0.316. The molecule has 0 spiro atoms. The van der Waals surface area contributed by atoms with Gasteiger partial charge in [0.25, 0.3) is 0 Å². The van der Waals surface area contributed by atoms with Crippen LogP contribution in [-0.4, -0.2) is 23.3 Å². The zero-order valence-electron chi connectivity index (χ0n) is 12.7. The lowest BCUT2D eigenvalue weighted by atomic mass is 9.78. The number of benzene rings is 1. The molecule has 20 heavy (non-hydrogen) atoms. The molecule has 104 valence electrons. The van der Waals surface area contributed by atoms with E-state index in [2.05, 4.69) is 45.7 Å². The fraction of sp³-hybridized carbons (Fsp3) is 0.438. The molecule has 2 heterocycles. The number of rotatable bonds is 1. The Hall–Kier alpha value is -1.39. The van der Waals surface area contributed by atoms with Crippen molar-refractivity contribution in [3.63, 3.8) is 0 Å². The smallest absolute Gasteiger partial charge is 0.399 e. The first kappa shape index (κ1) is 13.6. The van der Waals surface area contributed by atoms with E-state index in [-0.39, 0.29) is 18.3 Å². The van der Waals surface area contributed by atoms with E-state index < -0.39 is 0 Å². The van der Waals surface area contributed by atoms with Gasteiger partial charge in [0.2, 0.25) is 0 Å². The molecule has 1 aliphatic rings. The number of aromatic nitrogens is 1. The van der Waals surface area contributed by atoms with Crippen molar-refractivity contribution in [2.45, 2.75) is 45.8 Å². The number of hydrogen-bond donors (Lipinski definition) is 0. The third-order valence-corrected chi connectivity index (χ3v) is 4.51. The lowest BCUT2D eigenvalue weighted by Crippen LogP contribution is -2.41. The molecule has 0 amide bonds. The van der Waals surface area contributed by atoms with Crippen molar-refractivity contribution in [1.29, 1.82) is 0 Å². The van der Waals surface area contributed by atoms with E-state index in [1.165, 1.54) is 5.56 Å². The summed E-state index contributed by atoms with van der Waals surface area (Å²) >= 11 is 0. The standard InChI is InChI=1S/C16H20BNO2/c1-11-8-9-18-14-7-6-12(10-13(11)14)17-19-15(2,3)16(4,5)20-17/h6-10H,1-5H3. The minimum Gasteiger partial charge on any atom is -0.399 e. The molecule has 1 saturated heterocycles. The van der Waals surface area contributed by atoms with Crippen LogP contribution in [0.1, 0.15) is 33.3 Å². The molecule has 0 bridgehead atoms. The molecule has 0 aliphatic carbocycles. The molecule has 1 aliphatic heterocycles. The summed E-state index contributed by atoms with van der Waals surface area (Å²) in [5, 5.41) is 1.15.